The number of rotatable bonds is 7. The van der Waals surface area contributed by atoms with Gasteiger partial charge in [-0.15, -0.1) is 0 Å². The second-order valence-corrected chi connectivity index (χ2v) is 6.57. The molecule has 0 bridgehead atoms. The molecule has 3 rings (SSSR count). The van der Waals surface area contributed by atoms with E-state index in [4.69, 9.17) is 32.4 Å². The van der Waals surface area contributed by atoms with Crippen molar-refractivity contribution in [2.24, 2.45) is 5.10 Å². The number of aromatic nitrogens is 1. The second-order valence-electron chi connectivity index (χ2n) is 5.75. The van der Waals surface area contributed by atoms with Gasteiger partial charge >= 0.3 is 5.97 Å². The maximum atomic E-state index is 12.4. The Morgan fingerprint density at radius 3 is 2.77 bits per heavy atom. The fourth-order valence-corrected chi connectivity index (χ4v) is 2.83. The van der Waals surface area contributed by atoms with Crippen LogP contribution < -0.4 is 10.7 Å². The molecule has 3 aromatic rings. The first kappa shape index (κ1) is 21.4. The van der Waals surface area contributed by atoms with E-state index in [0.29, 0.717) is 10.7 Å². The number of benzene rings is 1. The Kier molecular flexibility index (Phi) is 7.05. The third-order valence-electron chi connectivity index (χ3n) is 3.68. The summed E-state index contributed by atoms with van der Waals surface area (Å²) in [6.07, 6.45) is 2.66. The summed E-state index contributed by atoms with van der Waals surface area (Å²) in [6.45, 7) is 1.83. The van der Waals surface area contributed by atoms with E-state index in [1.54, 1.807) is 43.3 Å². The maximum absolute atomic E-state index is 12.4. The number of pyridine rings is 1. The van der Waals surface area contributed by atoms with Crippen molar-refractivity contribution in [3.8, 4) is 0 Å². The van der Waals surface area contributed by atoms with Crippen molar-refractivity contribution in [1.82, 2.24) is 10.4 Å². The predicted octanol–water partition coefficient (Wildman–Crippen LogP) is 4.67. The third kappa shape index (κ3) is 5.16. The van der Waals surface area contributed by atoms with E-state index in [9.17, 15) is 9.59 Å². The summed E-state index contributed by atoms with van der Waals surface area (Å²) in [6, 6.07) is 11.7. The Morgan fingerprint density at radius 1 is 1.23 bits per heavy atom. The molecule has 0 aliphatic carbocycles. The Labute approximate surface area is 181 Å². The van der Waals surface area contributed by atoms with Crippen LogP contribution in [0.1, 0.15) is 33.5 Å². The molecular weight excluding hydrogens is 431 g/mol. The standard InChI is InChI=1S/C20H16Cl2N4O4/c1-2-29-20(28)16-17(22)15(11-24-26-18(27)14-8-3-4-9-23-14)30-19(16)25-13-7-5-6-12(21)10-13/h3-11,25H,2H2,1H3,(H,26,27)/b24-11-. The molecule has 2 N–H and O–H groups in total. The van der Waals surface area contributed by atoms with E-state index in [1.165, 1.54) is 18.5 Å². The number of halogens is 2. The molecule has 0 spiro atoms. The molecule has 0 atom stereocenters. The number of esters is 1. The van der Waals surface area contributed by atoms with Gasteiger partial charge in [-0.25, -0.2) is 10.2 Å². The molecule has 0 saturated heterocycles. The fraction of sp³-hybridized carbons (Fsp3) is 0.100. The van der Waals surface area contributed by atoms with E-state index in [-0.39, 0.29) is 34.5 Å². The number of hydrogen-bond donors (Lipinski definition) is 2. The quantitative estimate of drug-likeness (QED) is 0.310. The second kappa shape index (κ2) is 9.91. The zero-order chi connectivity index (χ0) is 21.5. The number of hydrogen-bond acceptors (Lipinski definition) is 7. The van der Waals surface area contributed by atoms with Gasteiger partial charge in [0.05, 0.1) is 12.8 Å². The first-order valence-electron chi connectivity index (χ1n) is 8.76. The van der Waals surface area contributed by atoms with Gasteiger partial charge < -0.3 is 14.5 Å². The van der Waals surface area contributed by atoms with Crippen LogP contribution in [0.4, 0.5) is 11.6 Å². The summed E-state index contributed by atoms with van der Waals surface area (Å²) in [4.78, 5) is 28.3. The SMILES string of the molecule is CCOC(=O)c1c(Nc2cccc(Cl)c2)oc(/C=N\NC(=O)c2ccccn2)c1Cl. The average molecular weight is 447 g/mol. The minimum Gasteiger partial charge on any atom is -0.462 e. The molecule has 0 saturated carbocycles. The van der Waals surface area contributed by atoms with Crippen molar-refractivity contribution in [3.05, 3.63) is 75.7 Å². The van der Waals surface area contributed by atoms with Gasteiger partial charge in [0.1, 0.15) is 16.3 Å². The highest BCUT2D eigenvalue weighted by Crippen LogP contribution is 2.34. The number of hydrazone groups is 1. The lowest BCUT2D eigenvalue weighted by Gasteiger charge is -2.06. The summed E-state index contributed by atoms with van der Waals surface area (Å²) >= 11 is 12.3. The largest absolute Gasteiger partial charge is 0.462 e. The third-order valence-corrected chi connectivity index (χ3v) is 4.29. The summed E-state index contributed by atoms with van der Waals surface area (Å²) in [5.41, 5.74) is 3.07. The average Bonchev–Trinajstić information content (AvgIpc) is 3.03. The Balaban J connectivity index is 1.85. The maximum Gasteiger partial charge on any atom is 0.345 e. The number of amides is 1. The summed E-state index contributed by atoms with van der Waals surface area (Å²) in [5.74, 6) is -1.09. The van der Waals surface area contributed by atoms with E-state index >= 15 is 0 Å². The highest BCUT2D eigenvalue weighted by Gasteiger charge is 2.25. The van der Waals surface area contributed by atoms with Gasteiger partial charge in [-0.2, -0.15) is 5.10 Å². The number of ether oxygens (including phenoxy) is 1. The summed E-state index contributed by atoms with van der Waals surface area (Å²) in [7, 11) is 0. The van der Waals surface area contributed by atoms with Crippen LogP contribution in [0.15, 0.2) is 58.2 Å². The number of carbonyl (C=O) groups is 2. The van der Waals surface area contributed by atoms with E-state index < -0.39 is 11.9 Å². The number of nitrogens with one attached hydrogen (secondary N) is 2. The van der Waals surface area contributed by atoms with Crippen molar-refractivity contribution in [1.29, 1.82) is 0 Å². The molecule has 10 heteroatoms. The summed E-state index contributed by atoms with van der Waals surface area (Å²) in [5, 5.41) is 7.23. The zero-order valence-electron chi connectivity index (χ0n) is 15.7. The van der Waals surface area contributed by atoms with Gasteiger partial charge in [-0.1, -0.05) is 35.3 Å². The van der Waals surface area contributed by atoms with Gasteiger partial charge in [-0.3, -0.25) is 9.78 Å². The molecule has 2 heterocycles. The molecule has 30 heavy (non-hydrogen) atoms. The Bertz CT molecular complexity index is 1080. The molecule has 0 radical (unpaired) electrons. The molecule has 2 aromatic heterocycles. The van der Waals surface area contributed by atoms with E-state index in [0.717, 1.165) is 0 Å². The van der Waals surface area contributed by atoms with Gasteiger partial charge in [0.25, 0.3) is 5.91 Å². The molecule has 0 aliphatic rings. The number of anilines is 2. The molecule has 154 valence electrons. The minimum absolute atomic E-state index is 0.00371. The van der Waals surface area contributed by atoms with Crippen molar-refractivity contribution in [2.45, 2.75) is 6.92 Å². The Hall–Kier alpha value is -3.36. The van der Waals surface area contributed by atoms with Gasteiger partial charge in [0.2, 0.25) is 5.88 Å². The predicted molar refractivity (Wildman–Crippen MR) is 114 cm³/mol. The molecule has 1 amide bonds. The highest BCUT2D eigenvalue weighted by atomic mass is 35.5. The van der Waals surface area contributed by atoms with Crippen molar-refractivity contribution in [2.75, 3.05) is 11.9 Å². The van der Waals surface area contributed by atoms with Crippen molar-refractivity contribution >= 4 is 52.9 Å². The first-order chi connectivity index (χ1) is 14.5. The minimum atomic E-state index is -0.673. The van der Waals surface area contributed by atoms with Crippen molar-refractivity contribution < 1.29 is 18.7 Å². The monoisotopic (exact) mass is 446 g/mol. The van der Waals surface area contributed by atoms with Gasteiger partial charge in [-0.05, 0) is 37.3 Å². The fourth-order valence-electron chi connectivity index (χ4n) is 2.39. The van der Waals surface area contributed by atoms with Gasteiger partial charge in [0, 0.05) is 16.9 Å². The molecule has 1 aromatic carbocycles. The van der Waals surface area contributed by atoms with Crippen LogP contribution in [-0.4, -0.2) is 29.7 Å². The Morgan fingerprint density at radius 2 is 2.07 bits per heavy atom. The first-order valence-corrected chi connectivity index (χ1v) is 9.51. The van der Waals surface area contributed by atoms with Crippen LogP contribution in [0.2, 0.25) is 10.0 Å². The van der Waals surface area contributed by atoms with Crippen molar-refractivity contribution in [3.63, 3.8) is 0 Å². The van der Waals surface area contributed by atoms with E-state index in [1.807, 2.05) is 0 Å². The number of furan rings is 1. The van der Waals surface area contributed by atoms with Gasteiger partial charge in [0.15, 0.2) is 5.76 Å². The normalized spacial score (nSPS) is 10.8. The van der Waals surface area contributed by atoms with Crippen LogP contribution >= 0.6 is 23.2 Å². The van der Waals surface area contributed by atoms with Crippen LogP contribution in [0.5, 0.6) is 0 Å². The van der Waals surface area contributed by atoms with E-state index in [2.05, 4.69) is 20.8 Å². The number of nitrogens with zero attached hydrogens (tertiary/aromatic N) is 2. The lowest BCUT2D eigenvalue weighted by Crippen LogP contribution is -2.18. The van der Waals surface area contributed by atoms with Crippen LogP contribution in [0, 0.1) is 0 Å². The smallest absolute Gasteiger partial charge is 0.345 e. The van der Waals surface area contributed by atoms with Crippen LogP contribution in [0.3, 0.4) is 0 Å². The lowest BCUT2D eigenvalue weighted by atomic mass is 10.2. The molecule has 8 nitrogen and oxygen atoms in total. The zero-order valence-corrected chi connectivity index (χ0v) is 17.2. The molecular formula is C20H16Cl2N4O4. The van der Waals surface area contributed by atoms with Crippen LogP contribution in [-0.2, 0) is 4.74 Å². The molecule has 0 unspecified atom stereocenters. The topological polar surface area (TPSA) is 106 Å². The molecule has 0 fully saturated rings. The highest BCUT2D eigenvalue weighted by molar-refractivity contribution is 6.36. The number of carbonyl (C=O) groups excluding carboxylic acids is 2. The lowest BCUT2D eigenvalue weighted by molar-refractivity contribution is 0.0527. The molecule has 0 aliphatic heterocycles. The summed E-state index contributed by atoms with van der Waals surface area (Å²) < 4.78 is 10.7. The van der Waals surface area contributed by atoms with Crippen LogP contribution in [0.25, 0.3) is 0 Å².